The lowest BCUT2D eigenvalue weighted by atomic mass is 9.56. The van der Waals surface area contributed by atoms with Crippen LogP contribution in [0.2, 0.25) is 0 Å². The normalized spacial score (nSPS) is 27.1. The molecule has 0 radical (unpaired) electrons. The maximum Gasteiger partial charge on any atom is 0.399 e. The molecule has 0 saturated heterocycles. The number of aliphatic hydroxyl groups excluding tert-OH is 2. The number of benzene rings is 1. The van der Waals surface area contributed by atoms with E-state index in [0.717, 1.165) is 25.1 Å². The number of amides is 1. The second-order valence-corrected chi connectivity index (χ2v) is 11.6. The molecular formula is C25H30N4O13S. The van der Waals surface area contributed by atoms with Gasteiger partial charge in [0.25, 0.3) is 5.91 Å². The van der Waals surface area contributed by atoms with E-state index in [2.05, 4.69) is 0 Å². The number of nitrogens with zero attached hydrogens (tertiary/aromatic N) is 3. The van der Waals surface area contributed by atoms with Crippen molar-refractivity contribution in [3.8, 4) is 5.75 Å². The Kier molecular flexibility index (Phi) is 7.60. The third kappa shape index (κ3) is 4.36. The molecular weight excluding hydrogens is 596 g/mol. The summed E-state index contributed by atoms with van der Waals surface area (Å²) in [6.45, 7) is 4.17. The summed E-state index contributed by atoms with van der Waals surface area (Å²) in [6, 6.07) is 1.10. The van der Waals surface area contributed by atoms with Crippen LogP contribution in [-0.2, 0) is 35.4 Å². The van der Waals surface area contributed by atoms with Gasteiger partial charge in [0.2, 0.25) is 23.0 Å². The lowest BCUT2D eigenvalue weighted by molar-refractivity contribution is -0.385. The summed E-state index contributed by atoms with van der Waals surface area (Å²) in [6.07, 6.45) is -0.826. The number of hydrogen-bond donors (Lipinski definition) is 6. The number of rotatable bonds is 8. The van der Waals surface area contributed by atoms with Crippen LogP contribution in [0.1, 0.15) is 31.4 Å². The molecule has 1 saturated carbocycles. The Balaban J connectivity index is 2.10. The van der Waals surface area contributed by atoms with E-state index < -0.39 is 102 Å². The fraction of sp³-hybridized carbons (Fsp3) is 0.480. The Morgan fingerprint density at radius 2 is 1.77 bits per heavy atom. The smallest absolute Gasteiger partial charge is 0.399 e. The molecule has 4 rings (SSSR count). The molecule has 1 amide bonds. The molecule has 7 N–H and O–H groups in total. The van der Waals surface area contributed by atoms with Crippen molar-refractivity contribution in [1.29, 1.82) is 0 Å². The van der Waals surface area contributed by atoms with Crippen molar-refractivity contribution < 1.29 is 56.9 Å². The van der Waals surface area contributed by atoms with Gasteiger partial charge in [-0.15, -0.1) is 0 Å². The third-order valence-corrected chi connectivity index (χ3v) is 8.86. The topological polar surface area (TPSA) is 271 Å². The van der Waals surface area contributed by atoms with Crippen molar-refractivity contribution in [2.24, 2.45) is 17.6 Å². The number of likely N-dealkylation sites (N-methyl/N-ethyl adjacent to an activating group) is 1. The minimum absolute atomic E-state index is 0.169. The molecule has 17 nitrogen and oxygen atoms in total. The lowest BCUT2D eigenvalue weighted by Crippen LogP contribution is -2.73. The zero-order valence-electron chi connectivity index (χ0n) is 23.4. The first-order valence-electron chi connectivity index (χ1n) is 12.9. The van der Waals surface area contributed by atoms with Gasteiger partial charge in [0.15, 0.2) is 11.4 Å². The molecule has 18 heteroatoms. The first-order chi connectivity index (χ1) is 19.8. The fourth-order valence-corrected chi connectivity index (χ4v) is 7.22. The molecule has 3 aliphatic rings. The molecule has 2 unspecified atom stereocenters. The molecule has 43 heavy (non-hydrogen) atoms. The van der Waals surface area contributed by atoms with E-state index in [1.165, 1.54) is 0 Å². The van der Waals surface area contributed by atoms with Crippen LogP contribution >= 0.6 is 0 Å². The van der Waals surface area contributed by atoms with Crippen LogP contribution in [0, 0.1) is 22.0 Å². The average molecular weight is 627 g/mol. The van der Waals surface area contributed by atoms with Crippen LogP contribution in [0.15, 0.2) is 23.0 Å². The van der Waals surface area contributed by atoms with Crippen molar-refractivity contribution >= 4 is 45.0 Å². The molecule has 0 aromatic heterocycles. The second-order valence-electron chi connectivity index (χ2n) is 10.6. The third-order valence-electron chi connectivity index (χ3n) is 8.40. The fourth-order valence-electron chi connectivity index (χ4n) is 6.55. The largest absolute Gasteiger partial charge is 0.507 e. The number of aliphatic hydroxyl groups is 3. The van der Waals surface area contributed by atoms with Gasteiger partial charge in [-0.1, -0.05) is 0 Å². The zero-order chi connectivity index (χ0) is 32.6. The quantitative estimate of drug-likeness (QED) is 0.0547. The minimum Gasteiger partial charge on any atom is -0.507 e. The molecule has 1 aromatic carbocycles. The van der Waals surface area contributed by atoms with Gasteiger partial charge in [0, 0.05) is 30.4 Å². The highest BCUT2D eigenvalue weighted by atomic mass is 32.3. The Morgan fingerprint density at radius 1 is 1.19 bits per heavy atom. The summed E-state index contributed by atoms with van der Waals surface area (Å²) >= 11 is 0. The van der Waals surface area contributed by atoms with Crippen molar-refractivity contribution in [1.82, 2.24) is 4.90 Å². The summed E-state index contributed by atoms with van der Waals surface area (Å²) in [7, 11) is -3.33. The monoisotopic (exact) mass is 626 g/mol. The summed E-state index contributed by atoms with van der Waals surface area (Å²) in [5.41, 5.74) is -4.01. The highest BCUT2D eigenvalue weighted by Gasteiger charge is 2.72. The maximum atomic E-state index is 14.1. The first kappa shape index (κ1) is 31.8. The second kappa shape index (κ2) is 10.3. The van der Waals surface area contributed by atoms with E-state index in [9.17, 15) is 57.9 Å². The van der Waals surface area contributed by atoms with Crippen LogP contribution in [0.5, 0.6) is 5.75 Å². The van der Waals surface area contributed by atoms with Crippen LogP contribution in [-0.4, -0.2) is 99.2 Å². The van der Waals surface area contributed by atoms with Gasteiger partial charge in [-0.25, -0.2) is 4.18 Å². The molecule has 0 aliphatic heterocycles. The van der Waals surface area contributed by atoms with E-state index in [4.69, 9.17) is 9.92 Å². The molecule has 0 spiro atoms. The minimum atomic E-state index is -5.54. The standard InChI is InChI=1S/C25H30N4O13S/c1-5-28(6-2)12-9-13(29(37)38)18(30)16-11(12)7-10-8-14-24(36,20(32)15(10)19(16)31)21(33)17(23(26)35)22(34)25(14,27(3)4)42-43(39,40)41/h9-10,14,30-31,34,36H,5-8H2,1-4H3,(H2,26,35)(H,39,40,41)/t10?,14?,24-,25+/m0/s1. The predicted molar refractivity (Wildman–Crippen MR) is 146 cm³/mol. The van der Waals surface area contributed by atoms with E-state index >= 15 is 0 Å². The predicted octanol–water partition coefficient (Wildman–Crippen LogP) is -0.134. The molecule has 4 atom stereocenters. The van der Waals surface area contributed by atoms with Gasteiger partial charge in [-0.2, -0.15) is 8.42 Å². The summed E-state index contributed by atoms with van der Waals surface area (Å²) in [5.74, 6) is -11.5. The van der Waals surface area contributed by atoms with E-state index in [1.54, 1.807) is 18.7 Å². The van der Waals surface area contributed by atoms with Gasteiger partial charge in [0.1, 0.15) is 11.3 Å². The number of nitrogens with two attached hydrogens (primary N) is 1. The zero-order valence-corrected chi connectivity index (χ0v) is 24.2. The van der Waals surface area contributed by atoms with Crippen LogP contribution in [0.3, 0.4) is 0 Å². The summed E-state index contributed by atoms with van der Waals surface area (Å²) < 4.78 is 38.6. The number of hydrogen-bond acceptors (Lipinski definition) is 14. The highest BCUT2D eigenvalue weighted by molar-refractivity contribution is 7.80. The van der Waals surface area contributed by atoms with Gasteiger partial charge in [0.05, 0.1) is 16.4 Å². The number of primary amides is 1. The van der Waals surface area contributed by atoms with E-state index in [-0.39, 0.29) is 17.7 Å². The van der Waals surface area contributed by atoms with Gasteiger partial charge in [-0.3, -0.25) is 34.0 Å². The van der Waals surface area contributed by atoms with Crippen LogP contribution in [0.4, 0.5) is 11.4 Å². The Morgan fingerprint density at radius 3 is 2.23 bits per heavy atom. The van der Waals surface area contributed by atoms with Gasteiger partial charge >= 0.3 is 16.1 Å². The number of aromatic hydroxyl groups is 1. The van der Waals surface area contributed by atoms with Crippen molar-refractivity contribution in [2.75, 3.05) is 32.1 Å². The number of carbonyl (C=O) groups is 3. The number of nitro benzene ring substituents is 1. The van der Waals surface area contributed by atoms with Crippen LogP contribution < -0.4 is 10.6 Å². The number of fused-ring (bicyclic) bond motifs is 3. The molecule has 3 aliphatic carbocycles. The molecule has 1 aromatic rings. The van der Waals surface area contributed by atoms with Crippen molar-refractivity contribution in [2.45, 2.75) is 38.0 Å². The molecule has 234 valence electrons. The maximum absolute atomic E-state index is 14.1. The Bertz CT molecular complexity index is 1650. The van der Waals surface area contributed by atoms with Crippen molar-refractivity contribution in [3.63, 3.8) is 0 Å². The Hall–Kier alpha value is -4.10. The Labute approximate surface area is 244 Å². The summed E-state index contributed by atoms with van der Waals surface area (Å²) in [5, 5.41) is 57.0. The number of anilines is 1. The molecule has 0 heterocycles. The molecule has 0 bridgehead atoms. The van der Waals surface area contributed by atoms with Gasteiger partial charge in [-0.05, 0) is 52.3 Å². The van der Waals surface area contributed by atoms with E-state index in [0.29, 0.717) is 13.1 Å². The molecule has 1 fully saturated rings. The van der Waals surface area contributed by atoms with Crippen LogP contribution in [0.25, 0.3) is 5.76 Å². The average Bonchev–Trinajstić information content (AvgIpc) is 2.89. The highest BCUT2D eigenvalue weighted by Crippen LogP contribution is 2.57. The number of Topliss-reactive ketones (excluding diaryl/α,β-unsaturated/α-hetero) is 2. The number of phenols is 1. The number of carbonyl (C=O) groups excluding carboxylic acids is 3. The SMILES string of the molecule is CCN(CC)c1cc([N+](=O)[O-])c(O)c2c1CC1CC3[C@@](O)(C(=O)C(C(N)=O)=C(O)[C@@]3(OS(=O)(=O)O)N(C)C)C(=O)C1=C2O. The summed E-state index contributed by atoms with van der Waals surface area (Å²) in [4.78, 5) is 53.4. The number of phenolic OH excluding ortho intramolecular Hbond substituents is 1. The van der Waals surface area contributed by atoms with Crippen molar-refractivity contribution in [3.05, 3.63) is 44.2 Å². The number of ketones is 2. The van der Waals surface area contributed by atoms with E-state index in [1.807, 2.05) is 0 Å². The lowest BCUT2D eigenvalue weighted by Gasteiger charge is -2.54. The first-order valence-corrected chi connectivity index (χ1v) is 14.3. The van der Waals surface area contributed by atoms with Gasteiger partial charge < -0.3 is 31.1 Å². The number of nitro groups is 1.